The SMILES string of the molecule is COc1nc(-c2cccc(-c3cccc(NC(=O)c4cn(C)c(=O)n(C)c4=O)c3Cl)c2Cl)cc2c1[C@@H](NC[C@@H]1COCC(=O)N1)[C@@H](C)C2. The van der Waals surface area contributed by atoms with Gasteiger partial charge in [-0.2, -0.15) is 0 Å². The number of carbonyl (C=O) groups is 2. The summed E-state index contributed by atoms with van der Waals surface area (Å²) in [5, 5.41) is 9.85. The minimum atomic E-state index is -0.722. The second kappa shape index (κ2) is 13.6. The van der Waals surface area contributed by atoms with E-state index in [1.807, 2.05) is 24.3 Å². The molecular formula is C34H34Cl2N6O6. The molecule has 14 heteroatoms. The van der Waals surface area contributed by atoms with Crippen LogP contribution in [0, 0.1) is 5.92 Å². The summed E-state index contributed by atoms with van der Waals surface area (Å²) in [6.45, 7) is 3.23. The number of fused-ring (bicyclic) bond motifs is 1. The van der Waals surface area contributed by atoms with Crippen molar-refractivity contribution in [3.05, 3.63) is 96.2 Å². The van der Waals surface area contributed by atoms with Crippen molar-refractivity contribution >= 4 is 40.7 Å². The fourth-order valence-electron chi connectivity index (χ4n) is 6.34. The lowest BCUT2D eigenvalue weighted by atomic mass is 9.99. The largest absolute Gasteiger partial charge is 0.481 e. The van der Waals surface area contributed by atoms with E-state index in [1.165, 1.54) is 20.3 Å². The number of halogens is 2. The minimum absolute atomic E-state index is 0.0326. The molecule has 4 aromatic rings. The fraction of sp³-hybridized carbons (Fsp3) is 0.324. The van der Waals surface area contributed by atoms with E-state index in [1.54, 1.807) is 25.3 Å². The number of morpholine rings is 1. The predicted octanol–water partition coefficient (Wildman–Crippen LogP) is 3.72. The van der Waals surface area contributed by atoms with Gasteiger partial charge in [-0.15, -0.1) is 0 Å². The van der Waals surface area contributed by atoms with Gasteiger partial charge in [-0.1, -0.05) is 60.5 Å². The minimum Gasteiger partial charge on any atom is -0.481 e. The van der Waals surface area contributed by atoms with Gasteiger partial charge in [0.2, 0.25) is 11.8 Å². The Balaban J connectivity index is 1.30. The Labute approximate surface area is 286 Å². The van der Waals surface area contributed by atoms with Crippen molar-refractivity contribution in [3.8, 4) is 28.3 Å². The van der Waals surface area contributed by atoms with Crippen molar-refractivity contribution in [3.63, 3.8) is 0 Å². The summed E-state index contributed by atoms with van der Waals surface area (Å²) in [7, 11) is 4.35. The molecule has 1 aliphatic heterocycles. The van der Waals surface area contributed by atoms with Crippen LogP contribution in [0.2, 0.25) is 10.0 Å². The van der Waals surface area contributed by atoms with Gasteiger partial charge in [0, 0.05) is 55.1 Å². The van der Waals surface area contributed by atoms with E-state index in [9.17, 15) is 19.2 Å². The summed E-state index contributed by atoms with van der Waals surface area (Å²) in [5.41, 5.74) is 3.31. The highest BCUT2D eigenvalue weighted by molar-refractivity contribution is 6.39. The number of rotatable bonds is 8. The topological polar surface area (TPSA) is 146 Å². The summed E-state index contributed by atoms with van der Waals surface area (Å²) >= 11 is 13.9. The number of nitrogens with zero attached hydrogens (tertiary/aromatic N) is 3. The van der Waals surface area contributed by atoms with Crippen molar-refractivity contribution in [1.82, 2.24) is 24.8 Å². The van der Waals surface area contributed by atoms with Gasteiger partial charge in [0.1, 0.15) is 12.2 Å². The Morgan fingerprint density at radius 2 is 1.79 bits per heavy atom. The highest BCUT2D eigenvalue weighted by Gasteiger charge is 2.35. The Morgan fingerprint density at radius 1 is 1.08 bits per heavy atom. The lowest BCUT2D eigenvalue weighted by molar-refractivity contribution is -0.131. The zero-order valence-corrected chi connectivity index (χ0v) is 28.2. The van der Waals surface area contributed by atoms with E-state index in [4.69, 9.17) is 37.7 Å². The Bertz CT molecular complexity index is 2060. The molecule has 1 fully saturated rings. The first-order valence-corrected chi connectivity index (χ1v) is 16.1. The van der Waals surface area contributed by atoms with E-state index in [2.05, 4.69) is 22.9 Å². The number of hydrogen-bond donors (Lipinski definition) is 3. The number of pyridine rings is 1. The third kappa shape index (κ3) is 6.24. The van der Waals surface area contributed by atoms with Crippen LogP contribution >= 0.6 is 23.2 Å². The Morgan fingerprint density at radius 3 is 2.52 bits per heavy atom. The molecule has 12 nitrogen and oxygen atoms in total. The molecule has 1 aliphatic carbocycles. The molecule has 0 spiro atoms. The zero-order chi connectivity index (χ0) is 34.3. The smallest absolute Gasteiger partial charge is 0.330 e. The molecule has 0 unspecified atom stereocenters. The lowest BCUT2D eigenvalue weighted by Crippen LogP contribution is -2.51. The van der Waals surface area contributed by atoms with Crippen molar-refractivity contribution in [2.75, 3.05) is 32.2 Å². The molecule has 3 atom stereocenters. The highest BCUT2D eigenvalue weighted by Crippen LogP contribution is 2.45. The van der Waals surface area contributed by atoms with Crippen molar-refractivity contribution in [2.45, 2.75) is 25.4 Å². The van der Waals surface area contributed by atoms with Crippen LogP contribution in [0.5, 0.6) is 5.88 Å². The Hall–Kier alpha value is -4.49. The van der Waals surface area contributed by atoms with Gasteiger partial charge in [-0.25, -0.2) is 9.78 Å². The number of ether oxygens (including phenoxy) is 2. The molecule has 0 radical (unpaired) electrons. The molecular weight excluding hydrogens is 659 g/mol. The van der Waals surface area contributed by atoms with Gasteiger partial charge in [0.15, 0.2) is 0 Å². The van der Waals surface area contributed by atoms with E-state index in [-0.39, 0.29) is 46.8 Å². The van der Waals surface area contributed by atoms with Crippen LogP contribution in [0.25, 0.3) is 22.4 Å². The number of amides is 2. The molecule has 2 aliphatic rings. The zero-order valence-electron chi connectivity index (χ0n) is 26.7. The van der Waals surface area contributed by atoms with Gasteiger partial charge in [-0.3, -0.25) is 19.0 Å². The van der Waals surface area contributed by atoms with Crippen LogP contribution in [0.15, 0.2) is 58.3 Å². The van der Waals surface area contributed by atoms with Crippen molar-refractivity contribution in [2.24, 2.45) is 20.0 Å². The third-order valence-corrected chi connectivity index (χ3v) is 9.54. The van der Waals surface area contributed by atoms with E-state index in [0.29, 0.717) is 46.4 Å². The monoisotopic (exact) mass is 692 g/mol. The third-order valence-electron chi connectivity index (χ3n) is 8.73. The number of carbonyl (C=O) groups excluding carboxylic acids is 2. The highest BCUT2D eigenvalue weighted by atomic mass is 35.5. The molecule has 0 saturated carbocycles. The molecule has 3 heterocycles. The van der Waals surface area contributed by atoms with Crippen LogP contribution < -0.4 is 31.9 Å². The first-order valence-electron chi connectivity index (χ1n) is 15.3. The number of aryl methyl sites for hydroxylation is 1. The number of aromatic nitrogens is 3. The van der Waals surface area contributed by atoms with E-state index < -0.39 is 17.2 Å². The fourth-order valence-corrected chi connectivity index (χ4v) is 6.94. The number of anilines is 1. The molecule has 2 aromatic heterocycles. The van der Waals surface area contributed by atoms with Crippen LogP contribution in [0.3, 0.4) is 0 Å². The molecule has 6 rings (SSSR count). The van der Waals surface area contributed by atoms with Crippen molar-refractivity contribution < 1.29 is 19.1 Å². The maximum Gasteiger partial charge on any atom is 0.330 e. The van der Waals surface area contributed by atoms with Gasteiger partial charge in [0.05, 0.1) is 41.2 Å². The second-order valence-corrected chi connectivity index (χ2v) is 12.8. The van der Waals surface area contributed by atoms with Crippen LogP contribution in [-0.4, -0.2) is 58.8 Å². The first-order chi connectivity index (χ1) is 23.0. The molecule has 0 bridgehead atoms. The van der Waals surface area contributed by atoms with E-state index in [0.717, 1.165) is 26.7 Å². The van der Waals surface area contributed by atoms with Crippen LogP contribution in [0.1, 0.15) is 34.5 Å². The quantitative estimate of drug-likeness (QED) is 0.253. The maximum atomic E-state index is 13.1. The summed E-state index contributed by atoms with van der Waals surface area (Å²) < 4.78 is 13.2. The van der Waals surface area contributed by atoms with Gasteiger partial charge in [-0.05, 0) is 30.0 Å². The predicted molar refractivity (Wildman–Crippen MR) is 183 cm³/mol. The number of methoxy groups -OCH3 is 1. The molecule has 250 valence electrons. The summed E-state index contributed by atoms with van der Waals surface area (Å²) in [5.74, 6) is -0.104. The first kappa shape index (κ1) is 33.4. The van der Waals surface area contributed by atoms with E-state index >= 15 is 0 Å². The average molecular weight is 694 g/mol. The van der Waals surface area contributed by atoms with Gasteiger partial charge >= 0.3 is 5.69 Å². The maximum absolute atomic E-state index is 13.1. The summed E-state index contributed by atoms with van der Waals surface area (Å²) in [4.78, 5) is 54.5. The van der Waals surface area contributed by atoms with Gasteiger partial charge < -0.3 is 30.0 Å². The normalized spacial score (nSPS) is 18.7. The molecule has 2 amide bonds. The number of benzene rings is 2. The van der Waals surface area contributed by atoms with Crippen LogP contribution in [0.4, 0.5) is 5.69 Å². The standard InChI is InChI=1S/C34H34Cl2N6O6/c1-17-11-18-12-25(40-32(47-4)27(18)30(17)37-13-19-15-48-16-26(43)38-19)22-9-5-7-20(28(22)35)21-8-6-10-24(29(21)36)39-31(44)23-14-41(2)34(46)42(3)33(23)45/h5-10,12,14,17,19,30,37H,11,13,15-16H2,1-4H3,(H,38,43)(H,39,44)/t17-,19+,30-/m0/s1. The number of hydrogen-bond acceptors (Lipinski definition) is 8. The lowest BCUT2D eigenvalue weighted by Gasteiger charge is -2.27. The van der Waals surface area contributed by atoms with Gasteiger partial charge in [0.25, 0.3) is 11.5 Å². The Kier molecular flexibility index (Phi) is 9.44. The molecule has 2 aromatic carbocycles. The van der Waals surface area contributed by atoms with Crippen LogP contribution in [-0.2, 0) is 30.0 Å². The summed E-state index contributed by atoms with van der Waals surface area (Å²) in [6.07, 6.45) is 1.98. The van der Waals surface area contributed by atoms with Crippen molar-refractivity contribution in [1.29, 1.82) is 0 Å². The molecule has 48 heavy (non-hydrogen) atoms. The average Bonchev–Trinajstić information content (AvgIpc) is 3.39. The molecule has 3 N–H and O–H groups in total. The number of nitrogens with one attached hydrogen (secondary N) is 3. The molecule has 1 saturated heterocycles. The second-order valence-electron chi connectivity index (χ2n) is 12.0. The summed E-state index contributed by atoms with van der Waals surface area (Å²) in [6, 6.07) is 12.5.